The number of piperazine rings is 1. The maximum absolute atomic E-state index is 10.9. The molecule has 3 rings (SSSR count). The van der Waals surface area contributed by atoms with Gasteiger partial charge in [0.1, 0.15) is 0 Å². The van der Waals surface area contributed by atoms with Crippen molar-refractivity contribution < 1.29 is 15.6 Å². The molecule has 2 aromatic carbocycles. The highest BCUT2D eigenvalue weighted by atomic mass is 16.4. The summed E-state index contributed by atoms with van der Waals surface area (Å²) < 4.78 is 0. The molecule has 0 bridgehead atoms. The minimum atomic E-state index is -0.735. The van der Waals surface area contributed by atoms with Crippen LogP contribution >= 0.6 is 0 Å². The molecule has 1 aliphatic heterocycles. The summed E-state index contributed by atoms with van der Waals surface area (Å²) in [5, 5.41) is 12.8. The van der Waals surface area contributed by atoms with Gasteiger partial charge in [0.05, 0.1) is 6.04 Å². The third kappa shape index (κ3) is 5.39. The van der Waals surface area contributed by atoms with E-state index in [1.807, 2.05) is 6.07 Å². The smallest absolute Gasteiger partial charge is 0.303 e. The van der Waals surface area contributed by atoms with Crippen LogP contribution < -0.4 is 11.1 Å². The van der Waals surface area contributed by atoms with Crippen molar-refractivity contribution >= 4 is 5.97 Å². The second-order valence-electron chi connectivity index (χ2n) is 7.49. The molecule has 5 heteroatoms. The number of rotatable bonds is 7. The van der Waals surface area contributed by atoms with E-state index in [1.54, 1.807) is 0 Å². The molecule has 27 heavy (non-hydrogen) atoms. The minimum Gasteiger partial charge on any atom is -0.481 e. The monoisotopic (exact) mass is 368 g/mol. The molecular formula is C22H30N3O2+. The number of carboxylic acids is 1. The Morgan fingerprint density at radius 3 is 2.56 bits per heavy atom. The SMILES string of the molecule is Cc1ccc(CC2NC(c3ccccc3)CN(CCCC(=O)O)C2[NH3+])cc1. The van der Waals surface area contributed by atoms with Crippen LogP contribution in [0, 0.1) is 6.92 Å². The molecule has 1 heterocycles. The first-order valence-electron chi connectivity index (χ1n) is 9.68. The van der Waals surface area contributed by atoms with Gasteiger partial charge in [0.15, 0.2) is 6.17 Å². The Bertz CT molecular complexity index is 733. The third-order valence-electron chi connectivity index (χ3n) is 5.38. The molecular weight excluding hydrogens is 338 g/mol. The minimum absolute atomic E-state index is 0.111. The Kier molecular flexibility index (Phi) is 6.61. The summed E-state index contributed by atoms with van der Waals surface area (Å²) in [7, 11) is 0. The van der Waals surface area contributed by atoms with E-state index in [4.69, 9.17) is 5.11 Å². The summed E-state index contributed by atoms with van der Waals surface area (Å²) in [4.78, 5) is 13.2. The summed E-state index contributed by atoms with van der Waals surface area (Å²) >= 11 is 0. The van der Waals surface area contributed by atoms with Gasteiger partial charge in [-0.3, -0.25) is 15.0 Å². The first-order chi connectivity index (χ1) is 13.0. The van der Waals surface area contributed by atoms with Crippen molar-refractivity contribution in [1.82, 2.24) is 10.2 Å². The standard InChI is InChI=1S/C22H29N3O2/c1-16-9-11-17(12-10-16)14-19-22(23)25(13-5-8-21(26)27)15-20(24-19)18-6-3-2-4-7-18/h2-4,6-7,9-12,19-20,22,24H,5,8,13-15,23H2,1H3,(H,26,27)/p+1. The lowest BCUT2D eigenvalue weighted by atomic mass is 9.95. The Labute approximate surface area is 161 Å². The van der Waals surface area contributed by atoms with Crippen molar-refractivity contribution in [2.75, 3.05) is 13.1 Å². The first-order valence-corrected chi connectivity index (χ1v) is 9.68. The maximum atomic E-state index is 10.9. The van der Waals surface area contributed by atoms with Gasteiger partial charge in [-0.15, -0.1) is 0 Å². The highest BCUT2D eigenvalue weighted by Gasteiger charge is 2.36. The zero-order chi connectivity index (χ0) is 19.2. The number of nitrogens with zero attached hydrogens (tertiary/aromatic N) is 1. The molecule has 2 aromatic rings. The van der Waals surface area contributed by atoms with Crippen LogP contribution in [0.4, 0.5) is 0 Å². The van der Waals surface area contributed by atoms with Crippen molar-refractivity contribution in [2.45, 2.75) is 44.4 Å². The van der Waals surface area contributed by atoms with Gasteiger partial charge in [0.2, 0.25) is 0 Å². The number of hydrogen-bond donors (Lipinski definition) is 3. The Morgan fingerprint density at radius 2 is 1.89 bits per heavy atom. The lowest BCUT2D eigenvalue weighted by molar-refractivity contribution is -0.470. The average molecular weight is 369 g/mol. The van der Waals surface area contributed by atoms with Crippen LogP contribution in [0.5, 0.6) is 0 Å². The van der Waals surface area contributed by atoms with Crippen molar-refractivity contribution in [2.24, 2.45) is 0 Å². The van der Waals surface area contributed by atoms with E-state index < -0.39 is 5.97 Å². The second-order valence-corrected chi connectivity index (χ2v) is 7.49. The van der Waals surface area contributed by atoms with Crippen molar-refractivity contribution in [1.29, 1.82) is 0 Å². The fourth-order valence-electron chi connectivity index (χ4n) is 3.80. The highest BCUT2D eigenvalue weighted by Crippen LogP contribution is 2.23. The van der Waals surface area contributed by atoms with Gasteiger partial charge in [-0.2, -0.15) is 0 Å². The topological polar surface area (TPSA) is 80.2 Å². The van der Waals surface area contributed by atoms with E-state index >= 15 is 0 Å². The number of carbonyl (C=O) groups is 1. The van der Waals surface area contributed by atoms with E-state index in [2.05, 4.69) is 71.4 Å². The summed E-state index contributed by atoms with van der Waals surface area (Å²) in [6, 6.07) is 19.6. The zero-order valence-corrected chi connectivity index (χ0v) is 16.0. The summed E-state index contributed by atoms with van der Waals surface area (Å²) in [5.41, 5.74) is 8.24. The number of aryl methyl sites for hydroxylation is 1. The van der Waals surface area contributed by atoms with Gasteiger partial charge in [0, 0.05) is 25.6 Å². The molecule has 0 spiro atoms. The van der Waals surface area contributed by atoms with E-state index in [0.29, 0.717) is 6.42 Å². The lowest BCUT2D eigenvalue weighted by Gasteiger charge is -2.42. The van der Waals surface area contributed by atoms with Crippen LogP contribution in [0.2, 0.25) is 0 Å². The van der Waals surface area contributed by atoms with E-state index in [-0.39, 0.29) is 24.7 Å². The fourth-order valence-corrected chi connectivity index (χ4v) is 3.80. The number of carboxylic acid groups (broad SMARTS) is 1. The molecule has 1 saturated heterocycles. The normalized spacial score (nSPS) is 23.3. The molecule has 0 aliphatic carbocycles. The second kappa shape index (κ2) is 9.13. The number of hydrogen-bond acceptors (Lipinski definition) is 3. The van der Waals surface area contributed by atoms with Crippen molar-refractivity contribution in [3.8, 4) is 0 Å². The van der Waals surface area contributed by atoms with Gasteiger partial charge < -0.3 is 10.8 Å². The summed E-state index contributed by atoms with van der Waals surface area (Å²) in [6.07, 6.45) is 1.88. The summed E-state index contributed by atoms with van der Waals surface area (Å²) in [5.74, 6) is -0.735. The van der Waals surface area contributed by atoms with Gasteiger partial charge in [0.25, 0.3) is 0 Å². The van der Waals surface area contributed by atoms with Gasteiger partial charge in [-0.1, -0.05) is 60.2 Å². The van der Waals surface area contributed by atoms with Crippen LogP contribution in [0.3, 0.4) is 0 Å². The Balaban J connectivity index is 1.75. The number of benzene rings is 2. The Hall–Kier alpha value is -2.21. The zero-order valence-electron chi connectivity index (χ0n) is 16.0. The van der Waals surface area contributed by atoms with Crippen LogP contribution in [0.15, 0.2) is 54.6 Å². The molecule has 3 atom stereocenters. The molecule has 5 N–H and O–H groups in total. The molecule has 0 amide bonds. The highest BCUT2D eigenvalue weighted by molar-refractivity contribution is 5.66. The molecule has 0 aromatic heterocycles. The van der Waals surface area contributed by atoms with Crippen LogP contribution in [0.1, 0.15) is 35.6 Å². The number of nitrogens with one attached hydrogen (secondary N) is 1. The van der Waals surface area contributed by atoms with Gasteiger partial charge >= 0.3 is 5.97 Å². The van der Waals surface area contributed by atoms with Crippen molar-refractivity contribution in [3.63, 3.8) is 0 Å². The molecule has 3 unspecified atom stereocenters. The van der Waals surface area contributed by atoms with E-state index in [1.165, 1.54) is 16.7 Å². The number of quaternary nitrogens is 1. The maximum Gasteiger partial charge on any atom is 0.303 e. The predicted molar refractivity (Wildman–Crippen MR) is 106 cm³/mol. The number of aliphatic carboxylic acids is 1. The quantitative estimate of drug-likeness (QED) is 0.698. The van der Waals surface area contributed by atoms with Crippen LogP contribution in [-0.4, -0.2) is 41.3 Å². The summed E-state index contributed by atoms with van der Waals surface area (Å²) in [6.45, 7) is 3.71. The predicted octanol–water partition coefficient (Wildman–Crippen LogP) is 1.99. The molecule has 0 saturated carbocycles. The molecule has 5 nitrogen and oxygen atoms in total. The fraction of sp³-hybridized carbons (Fsp3) is 0.409. The lowest BCUT2D eigenvalue weighted by Crippen LogP contribution is -2.79. The largest absolute Gasteiger partial charge is 0.481 e. The van der Waals surface area contributed by atoms with Crippen LogP contribution in [-0.2, 0) is 11.2 Å². The molecule has 1 fully saturated rings. The van der Waals surface area contributed by atoms with E-state index in [0.717, 1.165) is 19.5 Å². The molecule has 144 valence electrons. The van der Waals surface area contributed by atoms with Gasteiger partial charge in [-0.25, -0.2) is 0 Å². The van der Waals surface area contributed by atoms with E-state index in [9.17, 15) is 4.79 Å². The molecule has 0 radical (unpaired) electrons. The molecule has 1 aliphatic rings. The van der Waals surface area contributed by atoms with Crippen molar-refractivity contribution in [3.05, 3.63) is 71.3 Å². The average Bonchev–Trinajstić information content (AvgIpc) is 2.66. The third-order valence-corrected chi connectivity index (χ3v) is 5.38. The van der Waals surface area contributed by atoms with Gasteiger partial charge in [-0.05, 0) is 30.9 Å². The Morgan fingerprint density at radius 1 is 1.19 bits per heavy atom. The first kappa shape index (κ1) is 19.5. The van der Waals surface area contributed by atoms with Crippen LogP contribution in [0.25, 0.3) is 0 Å².